The molecule has 6 heteroatoms. The molecule has 2 bridgehead atoms. The summed E-state index contributed by atoms with van der Waals surface area (Å²) in [6.07, 6.45) is 9.68. The number of fused-ring (bicyclic) bond motifs is 3. The Balaban J connectivity index is 1.24. The molecule has 0 amide bonds. The summed E-state index contributed by atoms with van der Waals surface area (Å²) in [6.45, 7) is 4.09. The van der Waals surface area contributed by atoms with E-state index in [2.05, 4.69) is 0 Å². The van der Waals surface area contributed by atoms with E-state index in [1.807, 2.05) is 48.7 Å². The van der Waals surface area contributed by atoms with Crippen LogP contribution in [0, 0.1) is 23.6 Å². The Labute approximate surface area is 224 Å². The Kier molecular flexibility index (Phi) is 6.93. The maximum absolute atomic E-state index is 13.5. The zero-order valence-electron chi connectivity index (χ0n) is 21.4. The molecule has 37 heavy (non-hydrogen) atoms. The molecule has 4 fully saturated rings. The van der Waals surface area contributed by atoms with Crippen LogP contribution < -0.4 is 0 Å². The van der Waals surface area contributed by atoms with E-state index in [1.165, 1.54) is 19.3 Å². The van der Waals surface area contributed by atoms with E-state index in [1.54, 1.807) is 12.1 Å². The lowest BCUT2D eigenvalue weighted by molar-refractivity contribution is -0.960. The van der Waals surface area contributed by atoms with Crippen molar-refractivity contribution in [3.05, 3.63) is 89.4 Å². The summed E-state index contributed by atoms with van der Waals surface area (Å²) in [5.74, 6) is 2.32. The van der Waals surface area contributed by atoms with E-state index in [9.17, 15) is 9.50 Å². The molecule has 0 spiro atoms. The van der Waals surface area contributed by atoms with E-state index >= 15 is 0 Å². The Morgan fingerprint density at radius 2 is 1.70 bits per heavy atom. The molecule has 1 aliphatic carbocycles. The Bertz CT molecular complexity index is 1190. The largest absolute Gasteiger partial charge is 0.436 e. The van der Waals surface area contributed by atoms with E-state index in [0.717, 1.165) is 73.2 Å². The van der Waals surface area contributed by atoms with Crippen molar-refractivity contribution in [3.63, 3.8) is 0 Å². The van der Waals surface area contributed by atoms with Gasteiger partial charge in [0.2, 0.25) is 5.89 Å². The first-order valence-electron chi connectivity index (χ1n) is 14.0. The minimum atomic E-state index is -1.20. The topological polar surface area (TPSA) is 46.3 Å². The van der Waals surface area contributed by atoms with Crippen molar-refractivity contribution >= 4 is 12.6 Å². The summed E-state index contributed by atoms with van der Waals surface area (Å²) in [6, 6.07) is 16.8. The van der Waals surface area contributed by atoms with E-state index in [-0.39, 0.29) is 17.0 Å². The number of rotatable bonds is 7. The van der Waals surface area contributed by atoms with Crippen LogP contribution in [0.25, 0.3) is 0 Å². The van der Waals surface area contributed by atoms with Crippen LogP contribution in [-0.4, -0.2) is 34.2 Å². The van der Waals surface area contributed by atoms with Gasteiger partial charge in [-0.3, -0.25) is 0 Å². The molecule has 2 aromatic carbocycles. The highest BCUT2D eigenvalue weighted by atomic mass is 32.1. The standard InChI is InChI=1S/C31H37FN2O2S/c32-26-13-11-23(12-14-26)29(37)28-21-34(17-15-22(28)16-18-34)20-27-19-33-30(36-27)31(35,24-7-3-1-4-8-24)25-9-5-2-6-10-25/h1,3-4,7-8,11-14,19,22,25,28-29,35H,2,5-6,9-10,15-18,20-21H2/p+1/t22?,28-,29?,31+,34?/m1/s1. The highest BCUT2D eigenvalue weighted by molar-refractivity contribution is 7.80. The Hall–Kier alpha value is -2.15. The van der Waals surface area contributed by atoms with Crippen LogP contribution >= 0.6 is 12.6 Å². The second-order valence-electron chi connectivity index (χ2n) is 11.7. The van der Waals surface area contributed by atoms with Crippen molar-refractivity contribution in [1.82, 2.24) is 4.98 Å². The monoisotopic (exact) mass is 521 g/mol. The van der Waals surface area contributed by atoms with Crippen LogP contribution in [0.4, 0.5) is 4.39 Å². The minimum absolute atomic E-state index is 0.100. The third-order valence-corrected chi connectivity index (χ3v) is 10.2. The number of thiol groups is 1. The van der Waals surface area contributed by atoms with E-state index < -0.39 is 5.60 Å². The van der Waals surface area contributed by atoms with Gasteiger partial charge in [0.25, 0.3) is 0 Å². The van der Waals surface area contributed by atoms with Gasteiger partial charge in [0, 0.05) is 29.9 Å². The number of nitrogens with zero attached hydrogens (tertiary/aromatic N) is 2. The zero-order valence-corrected chi connectivity index (χ0v) is 22.3. The smallest absolute Gasteiger partial charge is 0.231 e. The fourth-order valence-electron chi connectivity index (χ4n) is 7.46. The summed E-state index contributed by atoms with van der Waals surface area (Å²) in [5.41, 5.74) is 0.776. The van der Waals surface area contributed by atoms with Gasteiger partial charge in [-0.25, -0.2) is 9.37 Å². The second-order valence-corrected chi connectivity index (χ2v) is 12.3. The average Bonchev–Trinajstić information content (AvgIpc) is 3.42. The highest BCUT2D eigenvalue weighted by Gasteiger charge is 2.49. The van der Waals surface area contributed by atoms with Gasteiger partial charge < -0.3 is 14.0 Å². The van der Waals surface area contributed by atoms with Gasteiger partial charge in [-0.1, -0.05) is 61.7 Å². The molecule has 3 saturated heterocycles. The molecular weight excluding hydrogens is 483 g/mol. The molecule has 3 aromatic rings. The molecule has 3 aliphatic heterocycles. The van der Waals surface area contributed by atoms with E-state index in [4.69, 9.17) is 22.0 Å². The van der Waals surface area contributed by atoms with Crippen LogP contribution in [0.2, 0.25) is 0 Å². The first-order chi connectivity index (χ1) is 18.0. The first kappa shape index (κ1) is 25.1. The third-order valence-electron chi connectivity index (χ3n) is 9.55. The van der Waals surface area contributed by atoms with Crippen LogP contribution in [0.3, 0.4) is 0 Å². The van der Waals surface area contributed by atoms with Crippen molar-refractivity contribution in [2.45, 2.75) is 62.3 Å². The lowest BCUT2D eigenvalue weighted by atomic mass is 9.73. The maximum atomic E-state index is 13.5. The Morgan fingerprint density at radius 1 is 1.00 bits per heavy atom. The van der Waals surface area contributed by atoms with Crippen molar-refractivity contribution in [3.8, 4) is 0 Å². The number of hydrogen-bond donors (Lipinski definition) is 2. The maximum Gasteiger partial charge on any atom is 0.231 e. The fourth-order valence-corrected chi connectivity index (χ4v) is 7.97. The predicted octanol–water partition coefficient (Wildman–Crippen LogP) is 6.66. The number of hydrogen-bond acceptors (Lipinski definition) is 4. The summed E-state index contributed by atoms with van der Waals surface area (Å²) in [4.78, 5) is 4.72. The SMILES string of the molecule is O[C@](c1ccccc1)(c1ncc(C[N+]23CCC(CC2)[C@H](C(S)c2ccc(F)cc2)C3)o1)C1CCCCC1. The van der Waals surface area contributed by atoms with Gasteiger partial charge in [-0.15, -0.1) is 0 Å². The van der Waals surface area contributed by atoms with Crippen LogP contribution in [0.1, 0.15) is 73.0 Å². The normalized spacial score (nSPS) is 28.6. The molecular formula is C31H38FN2O2S+. The molecule has 4 heterocycles. The lowest BCUT2D eigenvalue weighted by Crippen LogP contribution is -2.61. The molecule has 1 N–H and O–H groups in total. The first-order valence-corrected chi connectivity index (χ1v) is 14.5. The van der Waals surface area contributed by atoms with Gasteiger partial charge in [-0.05, 0) is 42.0 Å². The van der Waals surface area contributed by atoms with E-state index in [0.29, 0.717) is 17.7 Å². The fraction of sp³-hybridized carbons (Fsp3) is 0.516. The average molecular weight is 522 g/mol. The summed E-state index contributed by atoms with van der Waals surface area (Å²) in [7, 11) is 0. The van der Waals surface area contributed by atoms with Crippen molar-refractivity contribution in [2.75, 3.05) is 19.6 Å². The molecule has 1 saturated carbocycles. The molecule has 4 aliphatic rings. The number of oxazole rings is 1. The van der Waals surface area contributed by atoms with Crippen LogP contribution in [0.15, 0.2) is 65.2 Å². The summed E-state index contributed by atoms with van der Waals surface area (Å²) in [5, 5.41) is 12.3. The van der Waals surface area contributed by atoms with Gasteiger partial charge in [0.1, 0.15) is 12.4 Å². The summed E-state index contributed by atoms with van der Waals surface area (Å²) < 4.78 is 20.9. The second kappa shape index (κ2) is 10.2. The molecule has 3 atom stereocenters. The van der Waals surface area contributed by atoms with Gasteiger partial charge in [-0.2, -0.15) is 12.6 Å². The highest BCUT2D eigenvalue weighted by Crippen LogP contribution is 2.47. The summed E-state index contributed by atoms with van der Waals surface area (Å²) >= 11 is 5.03. The molecule has 1 unspecified atom stereocenters. The van der Waals surface area contributed by atoms with Crippen LogP contribution in [-0.2, 0) is 12.1 Å². The van der Waals surface area contributed by atoms with Crippen molar-refractivity contribution < 1.29 is 18.4 Å². The van der Waals surface area contributed by atoms with Gasteiger partial charge >= 0.3 is 0 Å². The lowest BCUT2D eigenvalue weighted by Gasteiger charge is -2.53. The van der Waals surface area contributed by atoms with Gasteiger partial charge in [0.15, 0.2) is 11.4 Å². The van der Waals surface area contributed by atoms with Crippen LogP contribution in [0.5, 0.6) is 0 Å². The third kappa shape index (κ3) is 4.77. The van der Waals surface area contributed by atoms with Crippen molar-refractivity contribution in [1.29, 1.82) is 0 Å². The number of aromatic nitrogens is 1. The molecule has 7 rings (SSSR count). The van der Waals surface area contributed by atoms with Crippen molar-refractivity contribution in [2.24, 2.45) is 17.8 Å². The molecule has 4 nitrogen and oxygen atoms in total. The number of piperidine rings is 3. The molecule has 196 valence electrons. The molecule has 0 radical (unpaired) electrons. The minimum Gasteiger partial charge on any atom is -0.436 e. The number of benzene rings is 2. The zero-order chi connectivity index (χ0) is 25.5. The molecule has 1 aromatic heterocycles. The predicted molar refractivity (Wildman–Crippen MR) is 145 cm³/mol. The number of aliphatic hydroxyl groups is 1. The number of halogens is 1. The Morgan fingerprint density at radius 3 is 2.41 bits per heavy atom. The quantitative estimate of drug-likeness (QED) is 0.270. The number of quaternary nitrogens is 1. The van der Waals surface area contributed by atoms with Gasteiger partial charge in [0.05, 0.1) is 25.8 Å².